The van der Waals surface area contributed by atoms with Crippen molar-refractivity contribution < 1.29 is 24.5 Å². The summed E-state index contributed by atoms with van der Waals surface area (Å²) in [5, 5.41) is 20.6. The maximum absolute atomic E-state index is 11.6. The molecule has 0 saturated carbocycles. The molecule has 7 heteroatoms. The van der Waals surface area contributed by atoms with Gasteiger partial charge >= 0.3 is 12.1 Å². The lowest BCUT2D eigenvalue weighted by Gasteiger charge is -2.20. The van der Waals surface area contributed by atoms with E-state index in [9.17, 15) is 14.7 Å². The number of alkyl carbamates (subject to hydrolysis) is 1. The number of carbonyl (C=O) groups excluding carboxylic acids is 1. The number of aliphatic carboxylic acids is 1. The fraction of sp³-hybridized carbons (Fsp3) is 0.385. The number of halogens is 1. The monoisotopic (exact) mass is 393 g/mol. The summed E-state index contributed by atoms with van der Waals surface area (Å²) in [4.78, 5) is 22.3. The summed E-state index contributed by atoms with van der Waals surface area (Å²) in [6.45, 7) is 0.0901. The molecule has 1 rings (SSSR count). The first-order valence-corrected chi connectivity index (χ1v) is 7.51. The van der Waals surface area contributed by atoms with Crippen molar-refractivity contribution in [3.8, 4) is 0 Å². The average molecular weight is 393 g/mol. The van der Waals surface area contributed by atoms with E-state index in [1.54, 1.807) is 0 Å². The van der Waals surface area contributed by atoms with Crippen LogP contribution in [-0.4, -0.2) is 38.8 Å². The van der Waals surface area contributed by atoms with Crippen molar-refractivity contribution in [2.24, 2.45) is 0 Å². The summed E-state index contributed by atoms with van der Waals surface area (Å²) in [6, 6.07) is 8.24. The molecule has 0 aliphatic heterocycles. The number of carbonyl (C=O) groups is 2. The van der Waals surface area contributed by atoms with Crippen LogP contribution in [-0.2, 0) is 16.1 Å². The molecule has 0 aromatic heterocycles. The van der Waals surface area contributed by atoms with Crippen LogP contribution >= 0.6 is 22.6 Å². The summed E-state index contributed by atoms with van der Waals surface area (Å²) in [6.07, 6.45) is -2.05. The van der Waals surface area contributed by atoms with Gasteiger partial charge in [-0.05, 0) is 12.0 Å². The minimum absolute atomic E-state index is 0.0901. The second-order valence-corrected chi connectivity index (χ2v) is 5.15. The number of ether oxygens (including phenoxy) is 1. The number of carboxylic acid groups (broad SMARTS) is 1. The molecule has 1 unspecified atom stereocenters. The van der Waals surface area contributed by atoms with Crippen LogP contribution in [0.25, 0.3) is 0 Å². The summed E-state index contributed by atoms with van der Waals surface area (Å²) in [7, 11) is 0. The lowest BCUT2D eigenvalue weighted by Crippen LogP contribution is -2.47. The Hall–Kier alpha value is -1.35. The summed E-state index contributed by atoms with van der Waals surface area (Å²) in [5.74, 6) is -1.37. The third kappa shape index (κ3) is 5.74. The molecular weight excluding hydrogens is 377 g/mol. The Balaban J connectivity index is 2.47. The van der Waals surface area contributed by atoms with Crippen LogP contribution in [0.5, 0.6) is 0 Å². The molecule has 0 aliphatic rings. The van der Waals surface area contributed by atoms with Gasteiger partial charge in [0, 0.05) is 4.43 Å². The van der Waals surface area contributed by atoms with Gasteiger partial charge in [-0.1, -0.05) is 52.9 Å². The quantitative estimate of drug-likeness (QED) is 0.483. The summed E-state index contributed by atoms with van der Waals surface area (Å²) < 4.78 is 5.58. The maximum Gasteiger partial charge on any atom is 0.407 e. The fourth-order valence-electron chi connectivity index (χ4n) is 1.51. The Bertz CT molecular complexity index is 440. The number of alkyl halides is 1. The Morgan fingerprint density at radius 2 is 1.95 bits per heavy atom. The average Bonchev–Trinajstić information content (AvgIpc) is 2.45. The van der Waals surface area contributed by atoms with Gasteiger partial charge in [0.2, 0.25) is 0 Å². The van der Waals surface area contributed by atoms with E-state index in [1.807, 2.05) is 52.9 Å². The zero-order chi connectivity index (χ0) is 15.0. The smallest absolute Gasteiger partial charge is 0.407 e. The second kappa shape index (κ2) is 8.75. The minimum Gasteiger partial charge on any atom is -0.479 e. The molecule has 110 valence electrons. The second-order valence-electron chi connectivity index (χ2n) is 4.07. The number of carboxylic acids is 1. The van der Waals surface area contributed by atoms with Crippen LogP contribution in [0.1, 0.15) is 12.0 Å². The van der Waals surface area contributed by atoms with Gasteiger partial charge in [0.1, 0.15) is 6.61 Å². The number of hydrogen-bond acceptors (Lipinski definition) is 4. The van der Waals surface area contributed by atoms with Crippen LogP contribution in [0.15, 0.2) is 30.3 Å². The van der Waals surface area contributed by atoms with Crippen molar-refractivity contribution in [1.29, 1.82) is 0 Å². The molecule has 0 heterocycles. The highest BCUT2D eigenvalue weighted by Gasteiger charge is 2.27. The molecular formula is C13H16INO5. The number of benzene rings is 1. The highest BCUT2D eigenvalue weighted by molar-refractivity contribution is 14.1. The molecule has 6 nitrogen and oxygen atoms in total. The van der Waals surface area contributed by atoms with Crippen LogP contribution in [0.2, 0.25) is 0 Å². The molecule has 0 aliphatic carbocycles. The van der Waals surface area contributed by atoms with Gasteiger partial charge in [0.25, 0.3) is 0 Å². The van der Waals surface area contributed by atoms with Crippen LogP contribution in [0, 0.1) is 0 Å². The third-order valence-corrected chi connectivity index (χ3v) is 3.19. The molecule has 0 saturated heterocycles. The predicted octanol–water partition coefficient (Wildman–Crippen LogP) is 1.55. The summed E-state index contributed by atoms with van der Waals surface area (Å²) in [5.41, 5.74) is 0.826. The topological polar surface area (TPSA) is 95.9 Å². The van der Waals surface area contributed by atoms with E-state index in [-0.39, 0.29) is 6.61 Å². The number of aliphatic hydroxyl groups excluding tert-OH is 1. The number of nitrogens with one attached hydrogen (secondary N) is 1. The largest absolute Gasteiger partial charge is 0.479 e. The number of rotatable bonds is 7. The first kappa shape index (κ1) is 16.7. The van der Waals surface area contributed by atoms with Crippen LogP contribution < -0.4 is 5.32 Å². The van der Waals surface area contributed by atoms with Crippen molar-refractivity contribution >= 4 is 34.7 Å². The minimum atomic E-state index is -1.64. The Morgan fingerprint density at radius 1 is 1.30 bits per heavy atom. The van der Waals surface area contributed by atoms with E-state index >= 15 is 0 Å². The fourth-order valence-corrected chi connectivity index (χ4v) is 2.19. The first-order valence-electron chi connectivity index (χ1n) is 5.98. The lowest BCUT2D eigenvalue weighted by atomic mass is 10.1. The van der Waals surface area contributed by atoms with E-state index in [1.165, 1.54) is 0 Å². The highest BCUT2D eigenvalue weighted by Crippen LogP contribution is 2.05. The predicted molar refractivity (Wildman–Crippen MR) is 80.7 cm³/mol. The standard InChI is InChI=1S/C13H16INO5/c14-7-6-10(11(16)12(17)18)15-13(19)20-8-9-4-2-1-3-5-9/h1-5,10-11,16H,6-8H2,(H,15,19)(H,17,18)/t10-,11?/m0/s1. The first-order chi connectivity index (χ1) is 9.54. The van der Waals surface area contributed by atoms with E-state index in [4.69, 9.17) is 9.84 Å². The molecule has 0 spiro atoms. The molecule has 1 amide bonds. The normalized spacial score (nSPS) is 13.3. The zero-order valence-electron chi connectivity index (χ0n) is 10.7. The van der Waals surface area contributed by atoms with E-state index < -0.39 is 24.2 Å². The molecule has 2 atom stereocenters. The van der Waals surface area contributed by atoms with Crippen molar-refractivity contribution in [3.05, 3.63) is 35.9 Å². The lowest BCUT2D eigenvalue weighted by molar-refractivity contribution is -0.148. The van der Waals surface area contributed by atoms with Gasteiger partial charge in [-0.2, -0.15) is 0 Å². The Labute approximate surface area is 130 Å². The van der Waals surface area contributed by atoms with Crippen LogP contribution in [0.4, 0.5) is 4.79 Å². The Kier molecular flexibility index (Phi) is 7.31. The Morgan fingerprint density at radius 3 is 2.50 bits per heavy atom. The van der Waals surface area contributed by atoms with Gasteiger partial charge in [-0.3, -0.25) is 0 Å². The molecule has 1 aromatic rings. The number of aliphatic hydroxyl groups is 1. The number of amides is 1. The van der Waals surface area contributed by atoms with Crippen molar-refractivity contribution in [3.63, 3.8) is 0 Å². The van der Waals surface area contributed by atoms with Gasteiger partial charge in [-0.15, -0.1) is 0 Å². The molecule has 0 radical (unpaired) electrons. The number of hydrogen-bond donors (Lipinski definition) is 3. The summed E-state index contributed by atoms with van der Waals surface area (Å²) >= 11 is 2.04. The van der Waals surface area contributed by atoms with Crippen LogP contribution in [0.3, 0.4) is 0 Å². The van der Waals surface area contributed by atoms with E-state index in [0.29, 0.717) is 10.8 Å². The van der Waals surface area contributed by atoms with Gasteiger partial charge in [0.15, 0.2) is 6.10 Å². The van der Waals surface area contributed by atoms with Gasteiger partial charge in [0.05, 0.1) is 6.04 Å². The van der Waals surface area contributed by atoms with Crippen molar-refractivity contribution in [2.45, 2.75) is 25.2 Å². The molecule has 0 bridgehead atoms. The van der Waals surface area contributed by atoms with Crippen molar-refractivity contribution in [2.75, 3.05) is 4.43 Å². The van der Waals surface area contributed by atoms with Gasteiger partial charge in [-0.25, -0.2) is 9.59 Å². The molecule has 3 N–H and O–H groups in total. The highest BCUT2D eigenvalue weighted by atomic mass is 127. The molecule has 1 aromatic carbocycles. The van der Waals surface area contributed by atoms with Crippen molar-refractivity contribution in [1.82, 2.24) is 5.32 Å². The molecule has 0 fully saturated rings. The van der Waals surface area contributed by atoms with E-state index in [2.05, 4.69) is 5.32 Å². The molecule has 20 heavy (non-hydrogen) atoms. The van der Waals surface area contributed by atoms with Gasteiger partial charge < -0.3 is 20.3 Å². The zero-order valence-corrected chi connectivity index (χ0v) is 12.8. The SMILES string of the molecule is O=C(N[C@@H](CCI)C(O)C(=O)O)OCc1ccccc1. The van der Waals surface area contributed by atoms with E-state index in [0.717, 1.165) is 5.56 Å². The third-order valence-electron chi connectivity index (χ3n) is 2.57. The maximum atomic E-state index is 11.6.